The van der Waals surface area contributed by atoms with Gasteiger partial charge in [-0.15, -0.1) is 0 Å². The van der Waals surface area contributed by atoms with E-state index < -0.39 is 0 Å². The van der Waals surface area contributed by atoms with Crippen molar-refractivity contribution in [2.24, 2.45) is 0 Å². The van der Waals surface area contributed by atoms with Crippen LogP contribution in [0.3, 0.4) is 0 Å². The molecule has 0 aliphatic carbocycles. The van der Waals surface area contributed by atoms with Crippen LogP contribution in [0.5, 0.6) is 0 Å². The fourth-order valence-electron chi connectivity index (χ4n) is 2.62. The van der Waals surface area contributed by atoms with E-state index in [2.05, 4.69) is 0 Å². The third-order valence-electron chi connectivity index (χ3n) is 3.77. The fraction of sp³-hybridized carbons (Fsp3) is 0.222. The number of benzene rings is 1. The van der Waals surface area contributed by atoms with Crippen LogP contribution in [0, 0.1) is 6.92 Å². The number of aryl methyl sites for hydroxylation is 1. The molecule has 0 atom stereocenters. The van der Waals surface area contributed by atoms with E-state index in [0.29, 0.717) is 4.91 Å². The SMILES string of the molecule is Cc1ccccc1-n1cccc1C=C1SC(=O)N(C(C)C)C1=O. The van der Waals surface area contributed by atoms with E-state index in [-0.39, 0.29) is 17.2 Å². The monoisotopic (exact) mass is 326 g/mol. The first kappa shape index (κ1) is 15.6. The molecule has 5 heteroatoms. The molecule has 3 rings (SSSR count). The number of carbonyl (C=O) groups is 2. The van der Waals surface area contributed by atoms with Gasteiger partial charge in [-0.05, 0) is 62.4 Å². The molecule has 0 radical (unpaired) electrons. The van der Waals surface area contributed by atoms with Crippen molar-refractivity contribution in [3.63, 3.8) is 0 Å². The summed E-state index contributed by atoms with van der Waals surface area (Å²) in [6, 6.07) is 11.8. The Morgan fingerprint density at radius 3 is 2.48 bits per heavy atom. The van der Waals surface area contributed by atoms with Crippen molar-refractivity contribution in [2.75, 3.05) is 0 Å². The second-order valence-electron chi connectivity index (χ2n) is 5.74. The first-order chi connectivity index (χ1) is 11.0. The Balaban J connectivity index is 2.00. The van der Waals surface area contributed by atoms with E-state index in [1.54, 1.807) is 6.08 Å². The molecule has 118 valence electrons. The zero-order valence-electron chi connectivity index (χ0n) is 13.3. The lowest BCUT2D eigenvalue weighted by Crippen LogP contribution is -2.34. The second kappa shape index (κ2) is 6.08. The molecule has 4 nitrogen and oxygen atoms in total. The first-order valence-electron chi connectivity index (χ1n) is 7.49. The molecular formula is C18H18N2O2S. The van der Waals surface area contributed by atoms with Gasteiger partial charge in [0, 0.05) is 23.6 Å². The van der Waals surface area contributed by atoms with E-state index in [0.717, 1.165) is 28.7 Å². The Labute approximate surface area is 139 Å². The van der Waals surface area contributed by atoms with Crippen molar-refractivity contribution in [2.45, 2.75) is 26.8 Å². The maximum absolute atomic E-state index is 12.4. The summed E-state index contributed by atoms with van der Waals surface area (Å²) >= 11 is 1.00. The van der Waals surface area contributed by atoms with Gasteiger partial charge in [0.05, 0.1) is 4.91 Å². The molecule has 1 saturated heterocycles. The summed E-state index contributed by atoms with van der Waals surface area (Å²) in [5.41, 5.74) is 3.09. The van der Waals surface area contributed by atoms with Gasteiger partial charge in [0.2, 0.25) is 0 Å². The molecule has 1 aliphatic heterocycles. The maximum atomic E-state index is 12.4. The minimum atomic E-state index is -0.215. The molecule has 1 aromatic carbocycles. The highest BCUT2D eigenvalue weighted by molar-refractivity contribution is 8.18. The van der Waals surface area contributed by atoms with Gasteiger partial charge < -0.3 is 4.57 Å². The number of hydrogen-bond donors (Lipinski definition) is 0. The molecule has 1 fully saturated rings. The number of hydrogen-bond acceptors (Lipinski definition) is 3. The van der Waals surface area contributed by atoms with Crippen molar-refractivity contribution >= 4 is 29.0 Å². The van der Waals surface area contributed by atoms with Crippen molar-refractivity contribution < 1.29 is 9.59 Å². The number of amides is 2. The van der Waals surface area contributed by atoms with Crippen molar-refractivity contribution in [3.05, 3.63) is 58.8 Å². The molecule has 0 bridgehead atoms. The third kappa shape index (κ3) is 2.84. The standard InChI is InChI=1S/C18H18N2O2S/c1-12(2)20-17(21)16(23-18(20)22)11-14-8-6-10-19(14)15-9-5-4-7-13(15)3/h4-12H,1-3H3. The number of para-hydroxylation sites is 1. The number of thioether (sulfide) groups is 1. The van der Waals surface area contributed by atoms with Crippen LogP contribution in [0.15, 0.2) is 47.5 Å². The lowest BCUT2D eigenvalue weighted by atomic mass is 10.2. The van der Waals surface area contributed by atoms with Crippen molar-refractivity contribution in [1.29, 1.82) is 0 Å². The Kier molecular flexibility index (Phi) is 4.13. The van der Waals surface area contributed by atoms with Gasteiger partial charge in [-0.2, -0.15) is 0 Å². The molecule has 2 heterocycles. The topological polar surface area (TPSA) is 42.3 Å². The Hall–Kier alpha value is -2.27. The number of imide groups is 1. The van der Waals surface area contributed by atoms with Gasteiger partial charge in [0.1, 0.15) is 0 Å². The average molecular weight is 326 g/mol. The summed E-state index contributed by atoms with van der Waals surface area (Å²) in [5.74, 6) is -0.215. The highest BCUT2D eigenvalue weighted by Crippen LogP contribution is 2.34. The van der Waals surface area contributed by atoms with Crippen LogP contribution in [-0.2, 0) is 4.79 Å². The number of aromatic nitrogens is 1. The van der Waals surface area contributed by atoms with Crippen LogP contribution in [0.2, 0.25) is 0 Å². The predicted octanol–water partition coefficient (Wildman–Crippen LogP) is 4.23. The van der Waals surface area contributed by atoms with Crippen molar-refractivity contribution in [1.82, 2.24) is 9.47 Å². The summed E-state index contributed by atoms with van der Waals surface area (Å²) in [7, 11) is 0. The summed E-state index contributed by atoms with van der Waals surface area (Å²) in [5, 5.41) is -0.203. The number of nitrogens with zero attached hydrogens (tertiary/aromatic N) is 2. The number of rotatable bonds is 3. The van der Waals surface area contributed by atoms with Crippen LogP contribution in [0.4, 0.5) is 4.79 Å². The molecule has 0 spiro atoms. The molecule has 0 unspecified atom stereocenters. The maximum Gasteiger partial charge on any atom is 0.293 e. The van der Waals surface area contributed by atoms with Gasteiger partial charge in [0.15, 0.2) is 0 Å². The molecule has 2 amide bonds. The minimum absolute atomic E-state index is 0.128. The normalized spacial score (nSPS) is 16.9. The zero-order chi connectivity index (χ0) is 16.6. The Morgan fingerprint density at radius 2 is 1.83 bits per heavy atom. The van der Waals surface area contributed by atoms with Gasteiger partial charge in [-0.1, -0.05) is 18.2 Å². The summed E-state index contributed by atoms with van der Waals surface area (Å²) < 4.78 is 2.03. The third-order valence-corrected chi connectivity index (χ3v) is 4.66. The quantitative estimate of drug-likeness (QED) is 0.793. The van der Waals surface area contributed by atoms with Crippen LogP contribution < -0.4 is 0 Å². The van der Waals surface area contributed by atoms with Gasteiger partial charge in [-0.3, -0.25) is 14.5 Å². The smallest absolute Gasteiger partial charge is 0.293 e. The van der Waals surface area contributed by atoms with Crippen LogP contribution >= 0.6 is 11.8 Å². The molecule has 2 aromatic rings. The van der Waals surface area contributed by atoms with Gasteiger partial charge >= 0.3 is 0 Å². The average Bonchev–Trinajstić information content (AvgIpc) is 3.05. The molecule has 1 aliphatic rings. The lowest BCUT2D eigenvalue weighted by molar-refractivity contribution is -0.123. The van der Waals surface area contributed by atoms with E-state index >= 15 is 0 Å². The van der Waals surface area contributed by atoms with E-state index in [4.69, 9.17) is 0 Å². The second-order valence-corrected chi connectivity index (χ2v) is 6.73. The fourth-order valence-corrected chi connectivity index (χ4v) is 3.57. The minimum Gasteiger partial charge on any atom is -0.317 e. The highest BCUT2D eigenvalue weighted by atomic mass is 32.2. The predicted molar refractivity (Wildman–Crippen MR) is 93.5 cm³/mol. The zero-order valence-corrected chi connectivity index (χ0v) is 14.1. The molecule has 1 aromatic heterocycles. The van der Waals surface area contributed by atoms with E-state index in [9.17, 15) is 9.59 Å². The van der Waals surface area contributed by atoms with Crippen LogP contribution in [0.1, 0.15) is 25.1 Å². The largest absolute Gasteiger partial charge is 0.317 e. The van der Waals surface area contributed by atoms with Gasteiger partial charge in [-0.25, -0.2) is 0 Å². The summed E-state index contributed by atoms with van der Waals surface area (Å²) in [6.07, 6.45) is 3.75. The Morgan fingerprint density at radius 1 is 1.09 bits per heavy atom. The highest BCUT2D eigenvalue weighted by Gasteiger charge is 2.36. The van der Waals surface area contributed by atoms with Crippen LogP contribution in [-0.4, -0.2) is 26.7 Å². The molecule has 0 saturated carbocycles. The van der Waals surface area contributed by atoms with E-state index in [1.165, 1.54) is 4.90 Å². The van der Waals surface area contributed by atoms with Crippen molar-refractivity contribution in [3.8, 4) is 5.69 Å². The lowest BCUT2D eigenvalue weighted by Gasteiger charge is -2.16. The molecule has 0 N–H and O–H groups in total. The summed E-state index contributed by atoms with van der Waals surface area (Å²) in [6.45, 7) is 5.73. The Bertz CT molecular complexity index is 805. The molecular weight excluding hydrogens is 308 g/mol. The first-order valence-corrected chi connectivity index (χ1v) is 8.31. The van der Waals surface area contributed by atoms with E-state index in [1.807, 2.05) is 67.9 Å². The van der Waals surface area contributed by atoms with Gasteiger partial charge in [0.25, 0.3) is 11.1 Å². The van der Waals surface area contributed by atoms with Crippen LogP contribution in [0.25, 0.3) is 11.8 Å². The number of carbonyl (C=O) groups excluding carboxylic acids is 2. The summed E-state index contributed by atoms with van der Waals surface area (Å²) in [4.78, 5) is 26.2. The molecule has 23 heavy (non-hydrogen) atoms.